The van der Waals surface area contributed by atoms with Gasteiger partial charge in [-0.15, -0.1) is 11.8 Å². The van der Waals surface area contributed by atoms with Crippen molar-refractivity contribution in [1.29, 1.82) is 0 Å². The molecule has 0 aliphatic rings. The van der Waals surface area contributed by atoms with E-state index in [0.29, 0.717) is 5.95 Å². The van der Waals surface area contributed by atoms with Crippen molar-refractivity contribution >= 4 is 28.9 Å². The molecule has 0 bridgehead atoms. The third-order valence-corrected chi connectivity index (χ3v) is 2.79. The van der Waals surface area contributed by atoms with Gasteiger partial charge in [-0.2, -0.15) is 4.98 Å². The van der Waals surface area contributed by atoms with Crippen molar-refractivity contribution in [2.24, 2.45) is 7.05 Å². The molecule has 2 aromatic heterocycles. The zero-order valence-corrected chi connectivity index (χ0v) is 9.09. The third kappa shape index (κ3) is 1.22. The molecule has 0 radical (unpaired) electrons. The second-order valence-corrected chi connectivity index (χ2v) is 3.78. The van der Waals surface area contributed by atoms with Gasteiger partial charge >= 0.3 is 0 Å². The van der Waals surface area contributed by atoms with E-state index < -0.39 is 0 Å². The van der Waals surface area contributed by atoms with Gasteiger partial charge in [0.05, 0.1) is 0 Å². The van der Waals surface area contributed by atoms with Gasteiger partial charge in [0.15, 0.2) is 5.65 Å². The van der Waals surface area contributed by atoms with Gasteiger partial charge in [-0.3, -0.25) is 0 Å². The van der Waals surface area contributed by atoms with Crippen LogP contribution in [0.4, 0.5) is 5.95 Å². The molecule has 0 aromatic carbocycles. The molecule has 0 aliphatic carbocycles. The number of fused-ring (bicyclic) bond motifs is 1. The number of aromatic nitrogens is 4. The summed E-state index contributed by atoms with van der Waals surface area (Å²) in [5, 5.41) is 0.830. The fourth-order valence-electron chi connectivity index (χ4n) is 1.30. The SMILES string of the molecule is CSc1nc(N)nc2c1nc(C)n2C. The Morgan fingerprint density at radius 3 is 2.64 bits per heavy atom. The number of nitrogen functional groups attached to an aromatic ring is 1. The smallest absolute Gasteiger partial charge is 0.223 e. The molecule has 14 heavy (non-hydrogen) atoms. The maximum atomic E-state index is 5.60. The Hall–Kier alpha value is -1.30. The summed E-state index contributed by atoms with van der Waals surface area (Å²) >= 11 is 1.53. The Morgan fingerprint density at radius 1 is 1.29 bits per heavy atom. The van der Waals surface area contributed by atoms with Crippen LogP contribution in [0.5, 0.6) is 0 Å². The second kappa shape index (κ2) is 3.13. The number of aryl methyl sites for hydroxylation is 2. The number of thioether (sulfide) groups is 1. The van der Waals surface area contributed by atoms with Crippen molar-refractivity contribution in [3.05, 3.63) is 5.82 Å². The van der Waals surface area contributed by atoms with Gasteiger partial charge in [0.1, 0.15) is 16.4 Å². The highest BCUT2D eigenvalue weighted by Gasteiger charge is 2.11. The highest BCUT2D eigenvalue weighted by molar-refractivity contribution is 7.98. The summed E-state index contributed by atoms with van der Waals surface area (Å²) in [6, 6.07) is 0. The zero-order chi connectivity index (χ0) is 10.3. The van der Waals surface area contributed by atoms with Gasteiger partial charge in [-0.1, -0.05) is 0 Å². The lowest BCUT2D eigenvalue weighted by atomic mass is 10.5. The minimum atomic E-state index is 0.296. The van der Waals surface area contributed by atoms with Crippen molar-refractivity contribution in [3.8, 4) is 0 Å². The molecule has 0 aliphatic heterocycles. The van der Waals surface area contributed by atoms with E-state index in [-0.39, 0.29) is 0 Å². The van der Waals surface area contributed by atoms with E-state index in [1.165, 1.54) is 11.8 Å². The molecule has 74 valence electrons. The van der Waals surface area contributed by atoms with Crippen molar-refractivity contribution in [3.63, 3.8) is 0 Å². The minimum absolute atomic E-state index is 0.296. The Bertz CT molecular complexity index is 490. The van der Waals surface area contributed by atoms with Crippen LogP contribution in [0.1, 0.15) is 5.82 Å². The quantitative estimate of drug-likeness (QED) is 0.560. The van der Waals surface area contributed by atoms with Crippen LogP contribution in [0, 0.1) is 6.92 Å². The average molecular weight is 209 g/mol. The minimum Gasteiger partial charge on any atom is -0.368 e. The van der Waals surface area contributed by atoms with Crippen LogP contribution in [0.15, 0.2) is 5.03 Å². The first-order valence-corrected chi connectivity index (χ1v) is 5.36. The lowest BCUT2D eigenvalue weighted by molar-refractivity contribution is 0.873. The van der Waals surface area contributed by atoms with Crippen LogP contribution >= 0.6 is 11.8 Å². The van der Waals surface area contributed by atoms with E-state index in [9.17, 15) is 0 Å². The lowest BCUT2D eigenvalue weighted by Gasteiger charge is -1.99. The van der Waals surface area contributed by atoms with Crippen molar-refractivity contribution in [2.75, 3.05) is 12.0 Å². The van der Waals surface area contributed by atoms with E-state index in [4.69, 9.17) is 5.73 Å². The molecule has 2 aromatic rings. The number of imidazole rings is 1. The molecule has 0 saturated heterocycles. The predicted octanol–water partition coefficient (Wildman–Crippen LogP) is 0.976. The largest absolute Gasteiger partial charge is 0.368 e. The number of rotatable bonds is 1. The fourth-order valence-corrected chi connectivity index (χ4v) is 1.82. The number of hydrogen-bond donors (Lipinski definition) is 1. The fraction of sp³-hybridized carbons (Fsp3) is 0.375. The highest BCUT2D eigenvalue weighted by atomic mass is 32.2. The molecule has 0 atom stereocenters. The number of anilines is 1. The first-order valence-electron chi connectivity index (χ1n) is 4.14. The van der Waals surface area contributed by atoms with Crippen LogP contribution in [0.3, 0.4) is 0 Å². The van der Waals surface area contributed by atoms with Crippen LogP contribution in [0.25, 0.3) is 11.2 Å². The van der Waals surface area contributed by atoms with Gasteiger partial charge < -0.3 is 10.3 Å². The molecular formula is C8H11N5S. The molecule has 6 heteroatoms. The second-order valence-electron chi connectivity index (χ2n) is 2.98. The predicted molar refractivity (Wildman–Crippen MR) is 57.2 cm³/mol. The Kier molecular flexibility index (Phi) is 2.07. The Morgan fingerprint density at radius 2 is 2.00 bits per heavy atom. The summed E-state index contributed by atoms with van der Waals surface area (Å²) in [4.78, 5) is 12.7. The maximum absolute atomic E-state index is 5.60. The molecule has 0 saturated carbocycles. The monoisotopic (exact) mass is 209 g/mol. The van der Waals surface area contributed by atoms with E-state index in [2.05, 4.69) is 15.0 Å². The summed E-state index contributed by atoms with van der Waals surface area (Å²) in [7, 11) is 1.92. The first-order chi connectivity index (χ1) is 6.63. The Balaban J connectivity index is 2.87. The maximum Gasteiger partial charge on any atom is 0.223 e. The standard InChI is InChI=1S/C8H11N5S/c1-4-10-5-6(13(4)2)11-8(9)12-7(5)14-3/h1-3H3,(H2,9,11,12). The third-order valence-electron chi connectivity index (χ3n) is 2.12. The van der Waals surface area contributed by atoms with Crippen molar-refractivity contribution < 1.29 is 0 Å². The van der Waals surface area contributed by atoms with Gasteiger partial charge in [0, 0.05) is 7.05 Å². The van der Waals surface area contributed by atoms with E-state index >= 15 is 0 Å². The topological polar surface area (TPSA) is 69.6 Å². The lowest BCUT2D eigenvalue weighted by Crippen LogP contribution is -1.99. The molecule has 0 spiro atoms. The van der Waals surface area contributed by atoms with Gasteiger partial charge in [0.2, 0.25) is 5.95 Å². The normalized spacial score (nSPS) is 11.1. The number of nitrogens with two attached hydrogens (primary N) is 1. The van der Waals surface area contributed by atoms with Crippen LogP contribution in [-0.2, 0) is 7.05 Å². The van der Waals surface area contributed by atoms with E-state index in [1.54, 1.807) is 0 Å². The molecule has 2 rings (SSSR count). The summed E-state index contributed by atoms with van der Waals surface area (Å²) in [5.74, 6) is 1.21. The molecule has 2 N–H and O–H groups in total. The van der Waals surface area contributed by atoms with Crippen LogP contribution in [-0.4, -0.2) is 25.8 Å². The van der Waals surface area contributed by atoms with Crippen molar-refractivity contribution in [1.82, 2.24) is 19.5 Å². The summed E-state index contributed by atoms with van der Waals surface area (Å²) in [6.07, 6.45) is 1.95. The zero-order valence-electron chi connectivity index (χ0n) is 8.27. The Labute approximate surface area is 85.7 Å². The van der Waals surface area contributed by atoms with Crippen LogP contribution < -0.4 is 5.73 Å². The summed E-state index contributed by atoms with van der Waals surface area (Å²) in [6.45, 7) is 1.93. The van der Waals surface area contributed by atoms with E-state index in [0.717, 1.165) is 22.0 Å². The molecular weight excluding hydrogens is 198 g/mol. The summed E-state index contributed by atoms with van der Waals surface area (Å²) < 4.78 is 1.91. The average Bonchev–Trinajstić information content (AvgIpc) is 2.43. The van der Waals surface area contributed by atoms with Gasteiger partial charge in [-0.25, -0.2) is 9.97 Å². The van der Waals surface area contributed by atoms with Crippen LogP contribution in [0.2, 0.25) is 0 Å². The van der Waals surface area contributed by atoms with Crippen molar-refractivity contribution in [2.45, 2.75) is 11.9 Å². The number of hydrogen-bond acceptors (Lipinski definition) is 5. The molecule has 0 unspecified atom stereocenters. The highest BCUT2D eigenvalue weighted by Crippen LogP contribution is 2.23. The van der Waals surface area contributed by atoms with Gasteiger partial charge in [0.25, 0.3) is 0 Å². The molecule has 0 fully saturated rings. The molecule has 2 heterocycles. The number of nitrogens with zero attached hydrogens (tertiary/aromatic N) is 4. The van der Waals surface area contributed by atoms with E-state index in [1.807, 2.05) is 24.8 Å². The first kappa shape index (κ1) is 9.26. The summed E-state index contributed by atoms with van der Waals surface area (Å²) in [5.41, 5.74) is 7.22. The molecule has 0 amide bonds. The van der Waals surface area contributed by atoms with Gasteiger partial charge in [-0.05, 0) is 13.2 Å². The molecule has 5 nitrogen and oxygen atoms in total.